The summed E-state index contributed by atoms with van der Waals surface area (Å²) in [6.45, 7) is 0. The van der Waals surface area contributed by atoms with Gasteiger partial charge in [0, 0.05) is 31.2 Å². The summed E-state index contributed by atoms with van der Waals surface area (Å²) in [5.74, 6) is 0.662. The van der Waals surface area contributed by atoms with E-state index in [-0.39, 0.29) is 5.91 Å². The van der Waals surface area contributed by atoms with E-state index in [1.165, 1.54) is 12.8 Å². The predicted octanol–water partition coefficient (Wildman–Crippen LogP) is 2.02. The van der Waals surface area contributed by atoms with E-state index in [1.807, 2.05) is 24.1 Å². The van der Waals surface area contributed by atoms with Crippen LogP contribution in [0.2, 0.25) is 0 Å². The Bertz CT molecular complexity index is 652. The second-order valence-corrected chi connectivity index (χ2v) is 6.32. The number of hydrogen-bond acceptors (Lipinski definition) is 4. The van der Waals surface area contributed by atoms with Gasteiger partial charge >= 0.3 is 0 Å². The molecule has 2 aliphatic rings. The largest absolute Gasteiger partial charge is 0.463 e. The number of furan rings is 1. The molecule has 2 N–H and O–H groups in total. The van der Waals surface area contributed by atoms with Crippen molar-refractivity contribution in [2.75, 3.05) is 7.05 Å². The van der Waals surface area contributed by atoms with Gasteiger partial charge < -0.3 is 14.6 Å². The second kappa shape index (κ2) is 5.28. The highest BCUT2D eigenvalue weighted by atomic mass is 16.3. The Labute approximate surface area is 128 Å². The Morgan fingerprint density at radius 2 is 2.14 bits per heavy atom. The maximum absolute atomic E-state index is 12.7. The van der Waals surface area contributed by atoms with Gasteiger partial charge in [0.1, 0.15) is 5.69 Å². The quantitative estimate of drug-likeness (QED) is 0.909. The molecule has 22 heavy (non-hydrogen) atoms. The number of H-pyrrole nitrogens is 1. The van der Waals surface area contributed by atoms with Gasteiger partial charge in [-0.3, -0.25) is 9.89 Å². The fourth-order valence-corrected chi connectivity index (χ4v) is 3.68. The number of fused-ring (bicyclic) bond motifs is 2. The number of nitrogens with one attached hydrogen (secondary N) is 2. The number of carbonyl (C=O) groups excluding carboxylic acids is 1. The van der Waals surface area contributed by atoms with Crippen LogP contribution in [0, 0.1) is 0 Å². The van der Waals surface area contributed by atoms with Crippen molar-refractivity contribution in [3.05, 3.63) is 30.2 Å². The number of hydrogen-bond donors (Lipinski definition) is 2. The molecular formula is C16H20N4O2. The SMILES string of the molecule is CN(C(=O)c1cc(-c2ccco2)[nH]n1)C1CC2CCC(C1)N2. The zero-order valence-electron chi connectivity index (χ0n) is 12.6. The van der Waals surface area contributed by atoms with Gasteiger partial charge in [0.15, 0.2) is 11.5 Å². The Kier molecular flexibility index (Phi) is 3.26. The van der Waals surface area contributed by atoms with E-state index in [4.69, 9.17) is 4.42 Å². The molecule has 2 saturated heterocycles. The molecule has 0 aliphatic carbocycles. The normalized spacial score (nSPS) is 27.0. The number of aromatic nitrogens is 2. The Morgan fingerprint density at radius 1 is 1.36 bits per heavy atom. The maximum Gasteiger partial charge on any atom is 0.274 e. The fraction of sp³-hybridized carbons (Fsp3) is 0.500. The number of carbonyl (C=O) groups is 1. The Morgan fingerprint density at radius 3 is 2.82 bits per heavy atom. The molecule has 0 radical (unpaired) electrons. The minimum Gasteiger partial charge on any atom is -0.463 e. The van der Waals surface area contributed by atoms with Gasteiger partial charge in [-0.15, -0.1) is 0 Å². The lowest BCUT2D eigenvalue weighted by molar-refractivity contribution is 0.0675. The number of amides is 1. The molecule has 0 aromatic carbocycles. The van der Waals surface area contributed by atoms with E-state index in [9.17, 15) is 4.79 Å². The summed E-state index contributed by atoms with van der Waals surface area (Å²) in [6.07, 6.45) is 6.14. The van der Waals surface area contributed by atoms with E-state index in [1.54, 1.807) is 12.3 Å². The highest BCUT2D eigenvalue weighted by Crippen LogP contribution is 2.30. The first kappa shape index (κ1) is 13.6. The van der Waals surface area contributed by atoms with Crippen LogP contribution in [0.3, 0.4) is 0 Å². The number of rotatable bonds is 3. The highest BCUT2D eigenvalue weighted by molar-refractivity contribution is 5.93. The monoisotopic (exact) mass is 300 g/mol. The van der Waals surface area contributed by atoms with Crippen molar-refractivity contribution in [3.63, 3.8) is 0 Å². The summed E-state index contributed by atoms with van der Waals surface area (Å²) in [5.41, 5.74) is 1.17. The molecule has 2 aromatic heterocycles. The van der Waals surface area contributed by atoms with E-state index in [0.29, 0.717) is 29.6 Å². The van der Waals surface area contributed by atoms with Crippen LogP contribution >= 0.6 is 0 Å². The minimum absolute atomic E-state index is 0.0274. The third-order valence-electron chi connectivity index (χ3n) is 4.90. The van der Waals surface area contributed by atoms with Crippen molar-refractivity contribution in [1.82, 2.24) is 20.4 Å². The van der Waals surface area contributed by atoms with Crippen LogP contribution < -0.4 is 5.32 Å². The van der Waals surface area contributed by atoms with E-state index in [2.05, 4.69) is 15.5 Å². The first-order valence-electron chi connectivity index (χ1n) is 7.83. The summed E-state index contributed by atoms with van der Waals surface area (Å²) < 4.78 is 5.32. The lowest BCUT2D eigenvalue weighted by Crippen LogP contribution is -2.48. The van der Waals surface area contributed by atoms with Crippen molar-refractivity contribution in [3.8, 4) is 11.5 Å². The smallest absolute Gasteiger partial charge is 0.274 e. The zero-order valence-corrected chi connectivity index (χ0v) is 12.6. The molecule has 2 aromatic rings. The standard InChI is InChI=1S/C16H20N4O2/c1-20(12-7-10-4-5-11(8-12)17-10)16(21)14-9-13(18-19-14)15-3-2-6-22-15/h2-3,6,9-12,17H,4-5,7-8H2,1H3,(H,18,19). The summed E-state index contributed by atoms with van der Waals surface area (Å²) in [6, 6.07) is 6.85. The fourth-order valence-electron chi connectivity index (χ4n) is 3.68. The van der Waals surface area contributed by atoms with Crippen molar-refractivity contribution in [2.45, 2.75) is 43.8 Å². The number of nitrogens with zero attached hydrogens (tertiary/aromatic N) is 2. The maximum atomic E-state index is 12.7. The average molecular weight is 300 g/mol. The van der Waals surface area contributed by atoms with E-state index in [0.717, 1.165) is 18.5 Å². The first-order valence-corrected chi connectivity index (χ1v) is 7.83. The number of piperidine rings is 1. The van der Waals surface area contributed by atoms with Gasteiger partial charge in [-0.1, -0.05) is 0 Å². The summed E-state index contributed by atoms with van der Waals surface area (Å²) in [5, 5.41) is 10.6. The van der Waals surface area contributed by atoms with Crippen molar-refractivity contribution < 1.29 is 9.21 Å². The molecule has 1 amide bonds. The van der Waals surface area contributed by atoms with Crippen LogP contribution in [0.1, 0.15) is 36.2 Å². The highest BCUT2D eigenvalue weighted by Gasteiger charge is 2.36. The Balaban J connectivity index is 1.49. The van der Waals surface area contributed by atoms with Crippen LogP contribution in [0.5, 0.6) is 0 Å². The number of aromatic amines is 1. The lowest BCUT2D eigenvalue weighted by atomic mass is 9.98. The van der Waals surface area contributed by atoms with Crippen LogP contribution in [0.4, 0.5) is 0 Å². The molecule has 0 spiro atoms. The van der Waals surface area contributed by atoms with Gasteiger partial charge in [0.2, 0.25) is 0 Å². The van der Waals surface area contributed by atoms with Crippen molar-refractivity contribution in [2.24, 2.45) is 0 Å². The average Bonchev–Trinajstić information content (AvgIpc) is 3.25. The predicted molar refractivity (Wildman–Crippen MR) is 81.4 cm³/mol. The molecule has 2 fully saturated rings. The van der Waals surface area contributed by atoms with Crippen LogP contribution in [0.15, 0.2) is 28.9 Å². The molecule has 2 bridgehead atoms. The van der Waals surface area contributed by atoms with E-state index >= 15 is 0 Å². The molecule has 4 heterocycles. The van der Waals surface area contributed by atoms with Crippen molar-refractivity contribution >= 4 is 5.91 Å². The molecule has 2 aliphatic heterocycles. The summed E-state index contributed by atoms with van der Waals surface area (Å²) in [4.78, 5) is 14.5. The zero-order chi connectivity index (χ0) is 15.1. The molecule has 116 valence electrons. The third kappa shape index (κ3) is 2.33. The minimum atomic E-state index is -0.0274. The van der Waals surface area contributed by atoms with Crippen LogP contribution in [-0.4, -0.2) is 46.2 Å². The van der Waals surface area contributed by atoms with Crippen LogP contribution in [-0.2, 0) is 0 Å². The molecule has 4 rings (SSSR count). The molecule has 0 saturated carbocycles. The van der Waals surface area contributed by atoms with Gasteiger partial charge in [-0.25, -0.2) is 0 Å². The van der Waals surface area contributed by atoms with Gasteiger partial charge in [0.05, 0.1) is 6.26 Å². The summed E-state index contributed by atoms with van der Waals surface area (Å²) in [7, 11) is 1.89. The van der Waals surface area contributed by atoms with Crippen molar-refractivity contribution in [1.29, 1.82) is 0 Å². The van der Waals surface area contributed by atoms with Gasteiger partial charge in [-0.05, 0) is 37.8 Å². The molecule has 2 unspecified atom stereocenters. The van der Waals surface area contributed by atoms with Gasteiger partial charge in [-0.2, -0.15) is 5.10 Å². The molecule has 6 nitrogen and oxygen atoms in total. The molecular weight excluding hydrogens is 280 g/mol. The van der Waals surface area contributed by atoms with Gasteiger partial charge in [0.25, 0.3) is 5.91 Å². The topological polar surface area (TPSA) is 74.2 Å². The lowest BCUT2D eigenvalue weighted by Gasteiger charge is -2.35. The van der Waals surface area contributed by atoms with E-state index < -0.39 is 0 Å². The molecule has 6 heteroatoms. The summed E-state index contributed by atoms with van der Waals surface area (Å²) >= 11 is 0. The Hall–Kier alpha value is -2.08. The second-order valence-electron chi connectivity index (χ2n) is 6.32. The molecule has 2 atom stereocenters. The third-order valence-corrected chi connectivity index (χ3v) is 4.90. The van der Waals surface area contributed by atoms with Crippen LogP contribution in [0.25, 0.3) is 11.5 Å². The first-order chi connectivity index (χ1) is 10.7.